The molecule has 4 saturated carbocycles. The highest BCUT2D eigenvalue weighted by atomic mass is 19.1. The summed E-state index contributed by atoms with van der Waals surface area (Å²) in [5.74, 6) is 2.36. The second-order valence-corrected chi connectivity index (χ2v) is 11.0. The molecule has 1 spiro atoms. The van der Waals surface area contributed by atoms with E-state index in [2.05, 4.69) is 6.92 Å². The molecular weight excluding hydrogens is 365 g/mol. The van der Waals surface area contributed by atoms with Crippen LogP contribution in [0.2, 0.25) is 0 Å². The van der Waals surface area contributed by atoms with Gasteiger partial charge in [0, 0.05) is 24.6 Å². The molecule has 2 unspecified atom stereocenters. The normalized spacial score (nSPS) is 37.5. The number of carbonyl (C=O) groups is 1. The molecule has 0 bridgehead atoms. The quantitative estimate of drug-likeness (QED) is 0.653. The van der Waals surface area contributed by atoms with Crippen LogP contribution in [-0.4, -0.2) is 30.5 Å². The van der Waals surface area contributed by atoms with Crippen LogP contribution in [0.15, 0.2) is 12.1 Å². The third kappa shape index (κ3) is 2.92. The number of rotatable bonds is 5. The number of carbonyl (C=O) groups excluding carboxylic acids is 1. The highest BCUT2D eigenvalue weighted by Gasteiger charge is 2.73. The van der Waals surface area contributed by atoms with Crippen molar-refractivity contribution in [3.8, 4) is 5.75 Å². The van der Waals surface area contributed by atoms with Gasteiger partial charge in [-0.2, -0.15) is 0 Å². The Bertz CT molecular complexity index is 837. The molecule has 4 aliphatic carbocycles. The maximum absolute atomic E-state index is 15.0. The molecule has 156 valence electrons. The molecule has 5 fully saturated rings. The van der Waals surface area contributed by atoms with E-state index in [0.717, 1.165) is 61.6 Å². The first-order chi connectivity index (χ1) is 14.0. The first-order valence-corrected chi connectivity index (χ1v) is 11.7. The fourth-order valence-electron chi connectivity index (χ4n) is 6.73. The molecule has 2 atom stereocenters. The average molecular weight is 398 g/mol. The van der Waals surface area contributed by atoms with Crippen molar-refractivity contribution in [3.05, 3.63) is 29.1 Å². The molecule has 1 amide bonds. The number of likely N-dealkylation sites (tertiary alicyclic amines) is 1. The maximum atomic E-state index is 15.0. The number of amides is 1. The maximum Gasteiger partial charge on any atom is 0.256 e. The summed E-state index contributed by atoms with van der Waals surface area (Å²) in [7, 11) is 0. The highest BCUT2D eigenvalue weighted by molar-refractivity contribution is 5.95. The van der Waals surface area contributed by atoms with Crippen LogP contribution in [0, 0.1) is 28.5 Å². The van der Waals surface area contributed by atoms with Gasteiger partial charge >= 0.3 is 0 Å². The first kappa shape index (κ1) is 18.2. The van der Waals surface area contributed by atoms with Crippen LogP contribution in [0.3, 0.4) is 0 Å². The fourth-order valence-corrected chi connectivity index (χ4v) is 6.73. The average Bonchev–Trinajstić information content (AvgIpc) is 3.42. The molecule has 4 heteroatoms. The van der Waals surface area contributed by atoms with Gasteiger partial charge in [0.05, 0.1) is 12.2 Å². The molecule has 1 saturated heterocycles. The van der Waals surface area contributed by atoms with Gasteiger partial charge in [-0.05, 0) is 86.2 Å². The SMILES string of the molecule is CC1(COc2cc(F)c(C(=O)N3CCCC3)cc2C2CCC2)CC2CC23CC3C1. The summed E-state index contributed by atoms with van der Waals surface area (Å²) in [6.45, 7) is 4.53. The van der Waals surface area contributed by atoms with Crippen molar-refractivity contribution in [1.29, 1.82) is 0 Å². The van der Waals surface area contributed by atoms with Crippen LogP contribution in [0.4, 0.5) is 4.39 Å². The topological polar surface area (TPSA) is 29.5 Å². The van der Waals surface area contributed by atoms with Gasteiger partial charge in [0.25, 0.3) is 5.91 Å². The summed E-state index contributed by atoms with van der Waals surface area (Å²) in [5.41, 5.74) is 2.27. The van der Waals surface area contributed by atoms with E-state index in [1.165, 1.54) is 38.2 Å². The van der Waals surface area contributed by atoms with E-state index < -0.39 is 5.82 Å². The Morgan fingerprint density at radius 1 is 1.10 bits per heavy atom. The van der Waals surface area contributed by atoms with Crippen LogP contribution < -0.4 is 4.74 Å². The van der Waals surface area contributed by atoms with Crippen molar-refractivity contribution in [3.63, 3.8) is 0 Å². The Labute approximate surface area is 173 Å². The molecule has 0 N–H and O–H groups in total. The van der Waals surface area contributed by atoms with Crippen LogP contribution in [0.1, 0.15) is 86.6 Å². The van der Waals surface area contributed by atoms with E-state index in [9.17, 15) is 9.18 Å². The van der Waals surface area contributed by atoms with E-state index in [1.807, 2.05) is 6.07 Å². The number of hydrogen-bond acceptors (Lipinski definition) is 2. The van der Waals surface area contributed by atoms with Crippen molar-refractivity contribution in [1.82, 2.24) is 4.90 Å². The lowest BCUT2D eigenvalue weighted by molar-refractivity contribution is 0.0787. The minimum absolute atomic E-state index is 0.148. The van der Waals surface area contributed by atoms with Gasteiger partial charge in [-0.15, -0.1) is 0 Å². The van der Waals surface area contributed by atoms with Crippen molar-refractivity contribution in [2.24, 2.45) is 22.7 Å². The molecule has 0 aromatic heterocycles. The van der Waals surface area contributed by atoms with Gasteiger partial charge in [0.1, 0.15) is 11.6 Å². The molecule has 1 heterocycles. The smallest absolute Gasteiger partial charge is 0.256 e. The van der Waals surface area contributed by atoms with E-state index in [0.29, 0.717) is 18.3 Å². The zero-order valence-corrected chi connectivity index (χ0v) is 17.5. The lowest BCUT2D eigenvalue weighted by Crippen LogP contribution is -2.30. The van der Waals surface area contributed by atoms with Gasteiger partial charge in [-0.3, -0.25) is 4.79 Å². The third-order valence-electron chi connectivity index (χ3n) is 8.88. The Balaban J connectivity index is 1.24. The Morgan fingerprint density at radius 3 is 2.41 bits per heavy atom. The van der Waals surface area contributed by atoms with Crippen LogP contribution in [0.5, 0.6) is 5.75 Å². The third-order valence-corrected chi connectivity index (χ3v) is 8.88. The number of nitrogens with zero attached hydrogens (tertiary/aromatic N) is 1. The first-order valence-electron chi connectivity index (χ1n) is 11.7. The predicted octanol–water partition coefficient (Wildman–Crippen LogP) is 5.53. The second kappa shape index (κ2) is 6.21. The van der Waals surface area contributed by atoms with E-state index >= 15 is 0 Å². The standard InChI is InChI=1S/C25H32FNO2/c1-24(11-17-13-25(17)14-18(25)12-24)15-29-22-10-21(26)20(9-19(22)16-5-4-6-16)23(28)27-7-2-3-8-27/h9-10,16-18H,2-8,11-15H2,1H3. The Hall–Kier alpha value is -1.58. The van der Waals surface area contributed by atoms with E-state index in [-0.39, 0.29) is 16.9 Å². The summed E-state index contributed by atoms with van der Waals surface area (Å²) in [6.07, 6.45) is 10.9. The number of benzene rings is 1. The predicted molar refractivity (Wildman–Crippen MR) is 110 cm³/mol. The van der Waals surface area contributed by atoms with Gasteiger partial charge in [-0.1, -0.05) is 13.3 Å². The van der Waals surface area contributed by atoms with Gasteiger partial charge < -0.3 is 9.64 Å². The molecular formula is C25H32FNO2. The summed E-state index contributed by atoms with van der Waals surface area (Å²) in [6, 6.07) is 3.34. The molecule has 6 rings (SSSR count). The highest BCUT2D eigenvalue weighted by Crippen LogP contribution is 2.81. The van der Waals surface area contributed by atoms with Crippen LogP contribution in [0.25, 0.3) is 0 Å². The van der Waals surface area contributed by atoms with Gasteiger partial charge in [0.15, 0.2) is 0 Å². The largest absolute Gasteiger partial charge is 0.493 e. The minimum atomic E-state index is -0.419. The van der Waals surface area contributed by atoms with E-state index in [1.54, 1.807) is 4.90 Å². The molecule has 29 heavy (non-hydrogen) atoms. The van der Waals surface area contributed by atoms with Crippen molar-refractivity contribution < 1.29 is 13.9 Å². The molecule has 0 radical (unpaired) electrons. The second-order valence-electron chi connectivity index (χ2n) is 11.0. The molecule has 1 aromatic carbocycles. The number of halogens is 1. The molecule has 5 aliphatic rings. The zero-order valence-electron chi connectivity index (χ0n) is 17.5. The molecule has 1 aliphatic heterocycles. The lowest BCUT2D eigenvalue weighted by atomic mass is 9.76. The summed E-state index contributed by atoms with van der Waals surface area (Å²) >= 11 is 0. The summed E-state index contributed by atoms with van der Waals surface area (Å²) < 4.78 is 21.3. The fraction of sp³-hybridized carbons (Fsp3) is 0.720. The summed E-state index contributed by atoms with van der Waals surface area (Å²) in [5, 5.41) is 0. The van der Waals surface area contributed by atoms with Crippen molar-refractivity contribution >= 4 is 5.91 Å². The number of hydrogen-bond donors (Lipinski definition) is 0. The zero-order chi connectivity index (χ0) is 19.8. The number of ether oxygens (including phenoxy) is 1. The van der Waals surface area contributed by atoms with Crippen molar-refractivity contribution in [2.75, 3.05) is 19.7 Å². The molecule has 3 nitrogen and oxygen atoms in total. The van der Waals surface area contributed by atoms with Gasteiger partial charge in [0.2, 0.25) is 0 Å². The van der Waals surface area contributed by atoms with E-state index in [4.69, 9.17) is 4.74 Å². The summed E-state index contributed by atoms with van der Waals surface area (Å²) in [4.78, 5) is 14.6. The minimum Gasteiger partial charge on any atom is -0.493 e. The van der Waals surface area contributed by atoms with Gasteiger partial charge in [-0.25, -0.2) is 4.39 Å². The lowest BCUT2D eigenvalue weighted by Gasteiger charge is -2.34. The Kier molecular flexibility index (Phi) is 3.90. The monoisotopic (exact) mass is 397 g/mol. The van der Waals surface area contributed by atoms with Crippen LogP contribution >= 0.6 is 0 Å². The van der Waals surface area contributed by atoms with Crippen molar-refractivity contribution in [2.45, 2.75) is 70.6 Å². The Morgan fingerprint density at radius 2 is 1.79 bits per heavy atom. The molecule has 1 aromatic rings. The van der Waals surface area contributed by atoms with Crippen LogP contribution in [-0.2, 0) is 0 Å².